The summed E-state index contributed by atoms with van der Waals surface area (Å²) in [4.78, 5) is 4.62. The number of nitrogens with zero attached hydrogens (tertiary/aromatic N) is 3. The van der Waals surface area contributed by atoms with Gasteiger partial charge in [-0.3, -0.25) is 9.56 Å². The van der Waals surface area contributed by atoms with E-state index >= 15 is 0 Å². The molecule has 0 amide bonds. The van der Waals surface area contributed by atoms with Gasteiger partial charge in [-0.2, -0.15) is 5.26 Å². The average molecular weight is 568 g/mol. The van der Waals surface area contributed by atoms with Crippen LogP contribution in [0, 0.1) is 11.3 Å². The molecule has 0 saturated carbocycles. The van der Waals surface area contributed by atoms with E-state index in [0.29, 0.717) is 5.56 Å². The van der Waals surface area contributed by atoms with Crippen molar-refractivity contribution in [1.82, 2.24) is 4.57 Å². The Labute approximate surface area is 252 Å². The number of benzene rings is 6. The highest BCUT2D eigenvalue weighted by Gasteiger charge is 2.19. The normalized spacial score (nSPS) is 12.0. The molecule has 0 atom stereocenters. The van der Waals surface area contributed by atoms with Crippen molar-refractivity contribution >= 4 is 53.7 Å². The van der Waals surface area contributed by atoms with Crippen molar-refractivity contribution < 1.29 is 0 Å². The van der Waals surface area contributed by atoms with Gasteiger partial charge in [0.15, 0.2) is 0 Å². The van der Waals surface area contributed by atoms with Crippen molar-refractivity contribution in [3.8, 4) is 33.3 Å². The van der Waals surface area contributed by atoms with Gasteiger partial charge in [-0.25, -0.2) is 0 Å². The number of pyridine rings is 1. The molecule has 0 fully saturated rings. The zero-order valence-electron chi connectivity index (χ0n) is 23.5. The molecule has 8 rings (SSSR count). The molecule has 0 radical (unpaired) electrons. The fourth-order valence-electron chi connectivity index (χ4n) is 6.43. The molecule has 202 valence electrons. The van der Waals surface area contributed by atoms with Crippen LogP contribution in [0.4, 0.5) is 0 Å². The molecule has 3 nitrogen and oxygen atoms in total. The fourth-order valence-corrected chi connectivity index (χ4v) is 7.48. The molecule has 0 saturated heterocycles. The fraction of sp³-hybridized carbons (Fsp3) is 0.0256. The first-order chi connectivity index (χ1) is 21.2. The van der Waals surface area contributed by atoms with E-state index in [2.05, 4.69) is 131 Å². The minimum atomic E-state index is 0.691. The Morgan fingerprint density at radius 1 is 0.628 bits per heavy atom. The van der Waals surface area contributed by atoms with Crippen LogP contribution in [-0.4, -0.2) is 11.6 Å². The van der Waals surface area contributed by atoms with E-state index in [9.17, 15) is 5.26 Å². The largest absolute Gasteiger partial charge is 0.293 e. The zero-order chi connectivity index (χ0) is 28.9. The van der Waals surface area contributed by atoms with Crippen LogP contribution in [0.15, 0.2) is 139 Å². The van der Waals surface area contributed by atoms with Gasteiger partial charge in [0.25, 0.3) is 0 Å². The minimum absolute atomic E-state index is 0.691. The van der Waals surface area contributed by atoms with Gasteiger partial charge in [0.05, 0.1) is 11.6 Å². The van der Waals surface area contributed by atoms with Crippen molar-refractivity contribution in [3.05, 3.63) is 145 Å². The summed E-state index contributed by atoms with van der Waals surface area (Å²) in [5.74, 6) is 0. The number of hydrogen-bond donors (Lipinski definition) is 0. The third-order valence-corrected chi connectivity index (χ3v) is 9.46. The first-order valence-electron chi connectivity index (χ1n) is 14.3. The summed E-state index contributed by atoms with van der Waals surface area (Å²) in [5.41, 5.74) is 6.25. The maximum atomic E-state index is 9.83. The standard InChI is InChI=1S/C39H25N3S/c1-41-36-21-19-27(24-42(36)37-22-25-10-2-9-17-35(25)43-37)38-30-13-5-7-15-32(30)39(33-16-8-6-14-31(33)38)34-20-18-26(23-40)28-11-3-4-12-29(28)34/h2-22,24H,1H3/b41-36-. The van der Waals surface area contributed by atoms with Gasteiger partial charge in [-0.05, 0) is 84.9 Å². The lowest BCUT2D eigenvalue weighted by atomic mass is 9.84. The second-order valence-electron chi connectivity index (χ2n) is 10.7. The molecule has 0 aliphatic heterocycles. The molecule has 0 bridgehead atoms. The maximum Gasteiger partial charge on any atom is 0.132 e. The van der Waals surface area contributed by atoms with Gasteiger partial charge in [0.2, 0.25) is 0 Å². The van der Waals surface area contributed by atoms with Crippen LogP contribution in [0.5, 0.6) is 0 Å². The predicted molar refractivity (Wildman–Crippen MR) is 181 cm³/mol. The van der Waals surface area contributed by atoms with E-state index in [0.717, 1.165) is 32.4 Å². The lowest BCUT2D eigenvalue weighted by Crippen LogP contribution is -2.17. The average Bonchev–Trinajstić information content (AvgIpc) is 3.51. The van der Waals surface area contributed by atoms with Crippen molar-refractivity contribution in [3.63, 3.8) is 0 Å². The Hall–Kier alpha value is -5.50. The third kappa shape index (κ3) is 3.98. The summed E-state index contributed by atoms with van der Waals surface area (Å²) in [7, 11) is 1.85. The third-order valence-electron chi connectivity index (χ3n) is 8.34. The van der Waals surface area contributed by atoms with Gasteiger partial charge >= 0.3 is 0 Å². The Morgan fingerprint density at radius 3 is 1.88 bits per heavy atom. The van der Waals surface area contributed by atoms with Gasteiger partial charge in [0.1, 0.15) is 10.5 Å². The van der Waals surface area contributed by atoms with Crippen LogP contribution in [0.25, 0.3) is 69.7 Å². The van der Waals surface area contributed by atoms with Gasteiger partial charge in [-0.15, -0.1) is 11.3 Å². The second kappa shape index (κ2) is 10.1. The summed E-state index contributed by atoms with van der Waals surface area (Å²) in [5, 5.41) is 19.0. The monoisotopic (exact) mass is 567 g/mol. The lowest BCUT2D eigenvalue weighted by Gasteiger charge is -2.19. The minimum Gasteiger partial charge on any atom is -0.293 e. The number of nitriles is 1. The quantitative estimate of drug-likeness (QED) is 0.196. The molecule has 0 unspecified atom stereocenters. The highest BCUT2D eigenvalue weighted by Crippen LogP contribution is 2.45. The van der Waals surface area contributed by atoms with Crippen molar-refractivity contribution in [1.29, 1.82) is 5.26 Å². The molecule has 0 spiro atoms. The smallest absolute Gasteiger partial charge is 0.132 e. The number of aromatic nitrogens is 1. The van der Waals surface area contributed by atoms with Crippen LogP contribution < -0.4 is 5.49 Å². The van der Waals surface area contributed by atoms with Crippen molar-refractivity contribution in [2.45, 2.75) is 0 Å². The van der Waals surface area contributed by atoms with E-state index in [-0.39, 0.29) is 0 Å². The summed E-state index contributed by atoms with van der Waals surface area (Å²) >= 11 is 1.77. The second-order valence-corrected chi connectivity index (χ2v) is 11.7. The highest BCUT2D eigenvalue weighted by atomic mass is 32.1. The summed E-state index contributed by atoms with van der Waals surface area (Å²) in [6.07, 6.45) is 2.23. The van der Waals surface area contributed by atoms with Crippen LogP contribution in [-0.2, 0) is 0 Å². The number of hydrogen-bond acceptors (Lipinski definition) is 3. The number of thiophene rings is 1. The molecule has 0 aliphatic rings. The molecular weight excluding hydrogens is 543 g/mol. The SMILES string of the molecule is C/N=c1/ccc(-c2c3ccccc3c(-c3ccc(C#N)c4ccccc34)c3ccccc23)cn1-c1cc2ccccc2s1. The van der Waals surface area contributed by atoms with Gasteiger partial charge in [0, 0.05) is 23.3 Å². The molecule has 0 N–H and O–H groups in total. The van der Waals surface area contributed by atoms with E-state index in [4.69, 9.17) is 0 Å². The molecule has 8 aromatic rings. The molecular formula is C39H25N3S. The molecule has 0 aliphatic carbocycles. The number of fused-ring (bicyclic) bond motifs is 4. The predicted octanol–water partition coefficient (Wildman–Crippen LogP) is 9.89. The molecule has 43 heavy (non-hydrogen) atoms. The first-order valence-corrected chi connectivity index (χ1v) is 15.1. The highest BCUT2D eigenvalue weighted by molar-refractivity contribution is 7.21. The molecule has 2 heterocycles. The summed E-state index contributed by atoms with van der Waals surface area (Å²) < 4.78 is 3.47. The number of rotatable bonds is 3. The lowest BCUT2D eigenvalue weighted by molar-refractivity contribution is 0.959. The van der Waals surface area contributed by atoms with E-state index in [1.165, 1.54) is 42.8 Å². The summed E-state index contributed by atoms with van der Waals surface area (Å²) in [6, 6.07) is 47.1. The van der Waals surface area contributed by atoms with Crippen LogP contribution in [0.3, 0.4) is 0 Å². The van der Waals surface area contributed by atoms with Crippen molar-refractivity contribution in [2.24, 2.45) is 4.99 Å². The summed E-state index contributed by atoms with van der Waals surface area (Å²) in [6.45, 7) is 0. The molecule has 4 heteroatoms. The van der Waals surface area contributed by atoms with E-state index in [1.54, 1.807) is 11.3 Å². The topological polar surface area (TPSA) is 41.1 Å². The van der Waals surface area contributed by atoms with Gasteiger partial charge in [-0.1, -0.05) is 97.1 Å². The maximum absolute atomic E-state index is 9.83. The Kier molecular flexibility index (Phi) is 5.92. The van der Waals surface area contributed by atoms with Crippen LogP contribution in [0.1, 0.15) is 5.56 Å². The van der Waals surface area contributed by atoms with Gasteiger partial charge < -0.3 is 0 Å². The molecule has 2 aromatic heterocycles. The molecule has 6 aromatic carbocycles. The Balaban J connectivity index is 1.46. The van der Waals surface area contributed by atoms with Crippen LogP contribution >= 0.6 is 11.3 Å². The van der Waals surface area contributed by atoms with Crippen molar-refractivity contribution in [2.75, 3.05) is 7.05 Å². The van der Waals surface area contributed by atoms with E-state index < -0.39 is 0 Å². The van der Waals surface area contributed by atoms with E-state index in [1.807, 2.05) is 25.2 Å². The zero-order valence-corrected chi connectivity index (χ0v) is 24.3. The Bertz CT molecular complexity index is 2400. The first kappa shape index (κ1) is 25.2. The van der Waals surface area contributed by atoms with Crippen LogP contribution in [0.2, 0.25) is 0 Å². The Morgan fingerprint density at radius 2 is 1.23 bits per heavy atom.